The van der Waals surface area contributed by atoms with Crippen molar-refractivity contribution in [3.63, 3.8) is 0 Å². The summed E-state index contributed by atoms with van der Waals surface area (Å²) >= 11 is 1.45. The summed E-state index contributed by atoms with van der Waals surface area (Å²) in [4.78, 5) is 17.4. The third-order valence-corrected chi connectivity index (χ3v) is 5.76. The number of carbonyl (C=O) groups excluding carboxylic acids is 1. The van der Waals surface area contributed by atoms with Crippen LogP contribution in [0.1, 0.15) is 11.3 Å². The molecule has 9 heteroatoms. The molecule has 0 spiro atoms. The van der Waals surface area contributed by atoms with E-state index >= 15 is 0 Å². The second-order valence-electron chi connectivity index (χ2n) is 7.25. The molecule has 1 N–H and O–H groups in total. The number of carbonyl (C=O) groups is 1. The average Bonchev–Trinajstić information content (AvgIpc) is 3.49. The van der Waals surface area contributed by atoms with Crippen molar-refractivity contribution in [1.29, 1.82) is 0 Å². The number of anilines is 1. The van der Waals surface area contributed by atoms with Gasteiger partial charge in [-0.15, -0.1) is 11.3 Å². The molecule has 4 aromatic rings. The molecule has 34 heavy (non-hydrogen) atoms. The quantitative estimate of drug-likeness (QED) is 0.361. The fraction of sp³-hybridized carbons (Fsp3) is 0.160. The SMILES string of the molecule is COc1cc(C=CC(=O)Nc2cc(C)nn2-c2nc(-c3ccccc3)cs2)cc(OC)c1OC. The Morgan fingerprint density at radius 3 is 2.38 bits per heavy atom. The zero-order chi connectivity index (χ0) is 24.1. The van der Waals surface area contributed by atoms with E-state index in [4.69, 9.17) is 19.2 Å². The molecule has 2 aromatic carbocycles. The van der Waals surface area contributed by atoms with Crippen molar-refractivity contribution in [2.45, 2.75) is 6.92 Å². The smallest absolute Gasteiger partial charge is 0.249 e. The van der Waals surface area contributed by atoms with Crippen LogP contribution in [-0.4, -0.2) is 42.0 Å². The Morgan fingerprint density at radius 2 is 1.74 bits per heavy atom. The molecule has 0 saturated heterocycles. The largest absolute Gasteiger partial charge is 0.493 e. The highest BCUT2D eigenvalue weighted by Crippen LogP contribution is 2.38. The Balaban J connectivity index is 1.54. The Morgan fingerprint density at radius 1 is 1.03 bits per heavy atom. The summed E-state index contributed by atoms with van der Waals surface area (Å²) < 4.78 is 17.7. The number of amides is 1. The lowest BCUT2D eigenvalue weighted by Gasteiger charge is -2.12. The minimum Gasteiger partial charge on any atom is -0.493 e. The highest BCUT2D eigenvalue weighted by atomic mass is 32.1. The first-order valence-corrected chi connectivity index (χ1v) is 11.3. The van der Waals surface area contributed by atoms with Crippen LogP contribution in [-0.2, 0) is 4.79 Å². The number of benzene rings is 2. The van der Waals surface area contributed by atoms with E-state index < -0.39 is 0 Å². The molecule has 0 aliphatic carbocycles. The number of nitrogens with zero attached hydrogens (tertiary/aromatic N) is 3. The van der Waals surface area contributed by atoms with Gasteiger partial charge in [0.1, 0.15) is 5.82 Å². The first-order valence-electron chi connectivity index (χ1n) is 10.4. The minimum absolute atomic E-state index is 0.310. The summed E-state index contributed by atoms with van der Waals surface area (Å²) in [7, 11) is 4.63. The molecule has 0 saturated carbocycles. The van der Waals surface area contributed by atoms with Crippen LogP contribution in [0.4, 0.5) is 5.82 Å². The van der Waals surface area contributed by atoms with Gasteiger partial charge in [-0.2, -0.15) is 9.78 Å². The third-order valence-electron chi connectivity index (χ3n) is 4.94. The number of hydrogen-bond acceptors (Lipinski definition) is 7. The highest BCUT2D eigenvalue weighted by Gasteiger charge is 2.15. The summed E-state index contributed by atoms with van der Waals surface area (Å²) in [5.74, 6) is 1.73. The molecular formula is C25H24N4O4S. The van der Waals surface area contributed by atoms with E-state index in [-0.39, 0.29) is 5.91 Å². The predicted octanol–water partition coefficient (Wildman–Crippen LogP) is 4.98. The Bertz CT molecular complexity index is 1300. The topological polar surface area (TPSA) is 87.5 Å². The average molecular weight is 477 g/mol. The number of hydrogen-bond donors (Lipinski definition) is 1. The van der Waals surface area contributed by atoms with Crippen molar-refractivity contribution in [2.24, 2.45) is 0 Å². The molecule has 8 nitrogen and oxygen atoms in total. The van der Waals surface area contributed by atoms with Gasteiger partial charge in [0.25, 0.3) is 0 Å². The standard InChI is InChI=1S/C25H24N4O4S/c1-16-12-22(29(28-16)25-26-19(15-34-25)18-8-6-5-7-9-18)27-23(30)11-10-17-13-20(31-2)24(33-4)21(14-17)32-3/h5-15H,1-4H3,(H,27,30). The number of aromatic nitrogens is 3. The summed E-state index contributed by atoms with van der Waals surface area (Å²) in [6.07, 6.45) is 3.11. The molecule has 0 aliphatic rings. The maximum atomic E-state index is 12.7. The molecule has 0 fully saturated rings. The molecule has 2 heterocycles. The van der Waals surface area contributed by atoms with Crippen LogP contribution in [0.5, 0.6) is 17.2 Å². The van der Waals surface area contributed by atoms with Gasteiger partial charge in [-0.05, 0) is 30.7 Å². The van der Waals surface area contributed by atoms with Gasteiger partial charge >= 0.3 is 0 Å². The molecule has 0 bridgehead atoms. The first kappa shape index (κ1) is 23.1. The van der Waals surface area contributed by atoms with E-state index in [0.29, 0.717) is 28.2 Å². The van der Waals surface area contributed by atoms with Crippen LogP contribution in [0.15, 0.2) is 60.0 Å². The predicted molar refractivity (Wildman–Crippen MR) is 133 cm³/mol. The Labute approximate surface area is 201 Å². The number of methoxy groups -OCH3 is 3. The molecule has 0 aliphatic heterocycles. The zero-order valence-corrected chi connectivity index (χ0v) is 20.1. The van der Waals surface area contributed by atoms with Crippen LogP contribution in [0.25, 0.3) is 22.5 Å². The van der Waals surface area contributed by atoms with Crippen LogP contribution < -0.4 is 19.5 Å². The van der Waals surface area contributed by atoms with Crippen LogP contribution in [0.3, 0.4) is 0 Å². The van der Waals surface area contributed by atoms with Gasteiger partial charge in [0.05, 0.1) is 32.7 Å². The van der Waals surface area contributed by atoms with Gasteiger partial charge in [-0.1, -0.05) is 30.3 Å². The first-order chi connectivity index (χ1) is 16.5. The van der Waals surface area contributed by atoms with Gasteiger partial charge in [-0.25, -0.2) is 4.98 Å². The molecule has 0 atom stereocenters. The number of ether oxygens (including phenoxy) is 3. The third kappa shape index (κ3) is 4.94. The lowest BCUT2D eigenvalue weighted by atomic mass is 10.1. The number of nitrogens with one attached hydrogen (secondary N) is 1. The highest BCUT2D eigenvalue weighted by molar-refractivity contribution is 7.12. The molecule has 2 aromatic heterocycles. The van der Waals surface area contributed by atoms with E-state index in [1.807, 2.05) is 42.6 Å². The summed E-state index contributed by atoms with van der Waals surface area (Å²) in [5.41, 5.74) is 3.36. The van der Waals surface area contributed by atoms with E-state index in [9.17, 15) is 4.79 Å². The lowest BCUT2D eigenvalue weighted by Crippen LogP contribution is -2.12. The lowest BCUT2D eigenvalue weighted by molar-refractivity contribution is -0.111. The van der Waals surface area contributed by atoms with Gasteiger partial charge in [0, 0.05) is 23.1 Å². The number of thiazole rings is 1. The van der Waals surface area contributed by atoms with Crippen molar-refractivity contribution in [3.05, 3.63) is 71.2 Å². The maximum Gasteiger partial charge on any atom is 0.249 e. The van der Waals surface area contributed by atoms with Gasteiger partial charge in [0.15, 0.2) is 11.5 Å². The number of aryl methyl sites for hydroxylation is 1. The minimum atomic E-state index is -0.310. The molecular weight excluding hydrogens is 452 g/mol. The van der Waals surface area contributed by atoms with Crippen LogP contribution >= 0.6 is 11.3 Å². The molecule has 4 rings (SSSR count). The second-order valence-corrected chi connectivity index (χ2v) is 8.08. The van der Waals surface area contributed by atoms with Gasteiger partial charge in [-0.3, -0.25) is 4.79 Å². The Kier molecular flexibility index (Phi) is 6.93. The van der Waals surface area contributed by atoms with Crippen molar-refractivity contribution in [1.82, 2.24) is 14.8 Å². The monoisotopic (exact) mass is 476 g/mol. The Hall–Kier alpha value is -4.11. The van der Waals surface area contributed by atoms with Gasteiger partial charge in [0.2, 0.25) is 16.8 Å². The fourth-order valence-electron chi connectivity index (χ4n) is 3.37. The van der Waals surface area contributed by atoms with Gasteiger partial charge < -0.3 is 19.5 Å². The molecule has 0 radical (unpaired) electrons. The van der Waals surface area contributed by atoms with Crippen molar-refractivity contribution in [3.8, 4) is 33.6 Å². The second kappa shape index (κ2) is 10.2. The van der Waals surface area contributed by atoms with E-state index in [2.05, 4.69) is 10.4 Å². The summed E-state index contributed by atoms with van der Waals surface area (Å²) in [6.45, 7) is 1.86. The molecule has 174 valence electrons. The maximum absolute atomic E-state index is 12.7. The van der Waals surface area contributed by atoms with E-state index in [1.54, 1.807) is 50.3 Å². The van der Waals surface area contributed by atoms with Crippen molar-refractivity contribution in [2.75, 3.05) is 26.6 Å². The fourth-order valence-corrected chi connectivity index (χ4v) is 4.17. The summed E-state index contributed by atoms with van der Waals surface area (Å²) in [6, 6.07) is 15.2. The van der Waals surface area contributed by atoms with Crippen LogP contribution in [0, 0.1) is 6.92 Å². The summed E-state index contributed by atoms with van der Waals surface area (Å²) in [5, 5.41) is 10.0. The number of rotatable bonds is 8. The van der Waals surface area contributed by atoms with Crippen molar-refractivity contribution < 1.29 is 19.0 Å². The van der Waals surface area contributed by atoms with E-state index in [0.717, 1.165) is 22.5 Å². The molecule has 0 unspecified atom stereocenters. The van der Waals surface area contributed by atoms with Crippen LogP contribution in [0.2, 0.25) is 0 Å². The zero-order valence-electron chi connectivity index (χ0n) is 19.2. The van der Waals surface area contributed by atoms with E-state index in [1.165, 1.54) is 17.4 Å². The van der Waals surface area contributed by atoms with Crippen molar-refractivity contribution >= 4 is 29.1 Å². The molecule has 1 amide bonds. The normalized spacial score (nSPS) is 10.9.